The van der Waals surface area contributed by atoms with E-state index in [1.54, 1.807) is 13.4 Å². The van der Waals surface area contributed by atoms with Crippen molar-refractivity contribution in [2.75, 3.05) is 7.11 Å². The van der Waals surface area contributed by atoms with Gasteiger partial charge in [-0.05, 0) is 18.2 Å². The fourth-order valence-electron chi connectivity index (χ4n) is 1.51. The number of rotatable bonds is 5. The Labute approximate surface area is 99.9 Å². The summed E-state index contributed by atoms with van der Waals surface area (Å²) in [5.74, 6) is 2.25. The number of hydrogen-bond acceptors (Lipinski definition) is 4. The molecule has 0 aliphatic carbocycles. The van der Waals surface area contributed by atoms with Gasteiger partial charge in [-0.15, -0.1) is 0 Å². The lowest BCUT2D eigenvalue weighted by atomic mass is 10.2. The second kappa shape index (κ2) is 5.41. The fraction of sp³-hybridized carbons (Fsp3) is 0.231. The maximum absolute atomic E-state index is 5.66. The molecule has 1 aromatic heterocycles. The van der Waals surface area contributed by atoms with Gasteiger partial charge in [0.25, 0.3) is 0 Å². The molecule has 0 saturated heterocycles. The summed E-state index contributed by atoms with van der Waals surface area (Å²) in [5.41, 5.74) is 6.59. The minimum Gasteiger partial charge on any atom is -0.497 e. The Bertz CT molecular complexity index is 466. The highest BCUT2D eigenvalue weighted by atomic mass is 16.5. The van der Waals surface area contributed by atoms with Crippen LogP contribution in [0.2, 0.25) is 0 Å². The standard InChI is InChI=1S/C13H15NO3/c1-15-11-5-4-10(8-14)13(7-11)17-9-12-3-2-6-16-12/h2-7H,8-9,14H2,1H3. The van der Waals surface area contributed by atoms with Crippen LogP contribution in [0.3, 0.4) is 0 Å². The molecule has 0 aliphatic rings. The molecule has 0 unspecified atom stereocenters. The number of hydrogen-bond donors (Lipinski definition) is 1. The van der Waals surface area contributed by atoms with Crippen molar-refractivity contribution in [3.8, 4) is 11.5 Å². The van der Waals surface area contributed by atoms with E-state index in [1.165, 1.54) is 0 Å². The molecule has 0 atom stereocenters. The molecule has 2 N–H and O–H groups in total. The number of nitrogens with two attached hydrogens (primary N) is 1. The van der Waals surface area contributed by atoms with E-state index in [-0.39, 0.29) is 0 Å². The molecule has 0 bridgehead atoms. The van der Waals surface area contributed by atoms with Gasteiger partial charge in [0.05, 0.1) is 13.4 Å². The van der Waals surface area contributed by atoms with Gasteiger partial charge in [-0.2, -0.15) is 0 Å². The predicted octanol–water partition coefficient (Wildman–Crippen LogP) is 2.33. The van der Waals surface area contributed by atoms with Crippen LogP contribution in [0.15, 0.2) is 41.0 Å². The summed E-state index contributed by atoms with van der Waals surface area (Å²) >= 11 is 0. The molecule has 0 amide bonds. The number of furan rings is 1. The third-order valence-electron chi connectivity index (χ3n) is 2.44. The van der Waals surface area contributed by atoms with Crippen LogP contribution in [0.1, 0.15) is 11.3 Å². The van der Waals surface area contributed by atoms with E-state index < -0.39 is 0 Å². The zero-order valence-corrected chi connectivity index (χ0v) is 9.68. The van der Waals surface area contributed by atoms with Gasteiger partial charge in [-0.1, -0.05) is 6.07 Å². The van der Waals surface area contributed by atoms with Crippen LogP contribution in [0, 0.1) is 0 Å². The van der Waals surface area contributed by atoms with E-state index >= 15 is 0 Å². The van der Waals surface area contributed by atoms with E-state index in [0.717, 1.165) is 22.8 Å². The van der Waals surface area contributed by atoms with Crippen molar-refractivity contribution in [2.24, 2.45) is 5.73 Å². The molecule has 2 aromatic rings. The summed E-state index contributed by atoms with van der Waals surface area (Å²) in [4.78, 5) is 0. The zero-order valence-electron chi connectivity index (χ0n) is 9.68. The van der Waals surface area contributed by atoms with E-state index in [2.05, 4.69) is 0 Å². The van der Waals surface area contributed by atoms with E-state index in [1.807, 2.05) is 30.3 Å². The first-order valence-electron chi connectivity index (χ1n) is 5.35. The van der Waals surface area contributed by atoms with Gasteiger partial charge >= 0.3 is 0 Å². The van der Waals surface area contributed by atoms with Crippen LogP contribution in [0.4, 0.5) is 0 Å². The highest BCUT2D eigenvalue weighted by Crippen LogP contribution is 2.25. The number of methoxy groups -OCH3 is 1. The normalized spacial score (nSPS) is 10.2. The van der Waals surface area contributed by atoms with E-state index in [9.17, 15) is 0 Å². The van der Waals surface area contributed by atoms with Gasteiger partial charge < -0.3 is 19.6 Å². The molecule has 1 aromatic carbocycles. The summed E-state index contributed by atoms with van der Waals surface area (Å²) in [6.07, 6.45) is 1.62. The lowest BCUT2D eigenvalue weighted by Crippen LogP contribution is -2.02. The quantitative estimate of drug-likeness (QED) is 0.861. The molecule has 0 radical (unpaired) electrons. The lowest BCUT2D eigenvalue weighted by Gasteiger charge is -2.10. The maximum atomic E-state index is 5.66. The van der Waals surface area contributed by atoms with Gasteiger partial charge in [-0.3, -0.25) is 0 Å². The van der Waals surface area contributed by atoms with Crippen LogP contribution in [0.5, 0.6) is 11.5 Å². The monoisotopic (exact) mass is 233 g/mol. The second-order valence-electron chi connectivity index (χ2n) is 3.55. The zero-order chi connectivity index (χ0) is 12.1. The van der Waals surface area contributed by atoms with Crippen LogP contribution >= 0.6 is 0 Å². The summed E-state index contributed by atoms with van der Waals surface area (Å²) < 4.78 is 16.0. The Kier molecular flexibility index (Phi) is 3.67. The first kappa shape index (κ1) is 11.5. The third kappa shape index (κ3) is 2.79. The molecule has 1 heterocycles. The molecule has 0 fully saturated rings. The molecule has 0 saturated carbocycles. The minimum atomic E-state index is 0.382. The van der Waals surface area contributed by atoms with E-state index in [0.29, 0.717) is 13.2 Å². The first-order valence-corrected chi connectivity index (χ1v) is 5.35. The Morgan fingerprint density at radius 2 is 2.18 bits per heavy atom. The second-order valence-corrected chi connectivity index (χ2v) is 3.55. The largest absolute Gasteiger partial charge is 0.497 e. The highest BCUT2D eigenvalue weighted by molar-refractivity contribution is 5.40. The SMILES string of the molecule is COc1ccc(CN)c(OCc2ccco2)c1. The first-order chi connectivity index (χ1) is 8.33. The van der Waals surface area contributed by atoms with Gasteiger partial charge in [0.15, 0.2) is 0 Å². The van der Waals surface area contributed by atoms with Gasteiger partial charge in [0.2, 0.25) is 0 Å². The molecular formula is C13H15NO3. The minimum absolute atomic E-state index is 0.382. The molecule has 0 aliphatic heterocycles. The summed E-state index contributed by atoms with van der Waals surface area (Å²) in [5, 5.41) is 0. The van der Waals surface area contributed by atoms with Gasteiger partial charge in [0.1, 0.15) is 23.9 Å². The molecule has 90 valence electrons. The van der Waals surface area contributed by atoms with Crippen molar-refractivity contribution in [3.05, 3.63) is 47.9 Å². The maximum Gasteiger partial charge on any atom is 0.146 e. The van der Waals surface area contributed by atoms with Gasteiger partial charge in [-0.25, -0.2) is 0 Å². The van der Waals surface area contributed by atoms with Crippen molar-refractivity contribution in [2.45, 2.75) is 13.2 Å². The van der Waals surface area contributed by atoms with Crippen LogP contribution in [0.25, 0.3) is 0 Å². The number of benzene rings is 1. The summed E-state index contributed by atoms with van der Waals surface area (Å²) in [6, 6.07) is 9.28. The van der Waals surface area contributed by atoms with Gasteiger partial charge in [0, 0.05) is 18.2 Å². The summed E-state index contributed by atoms with van der Waals surface area (Å²) in [7, 11) is 1.62. The summed E-state index contributed by atoms with van der Waals surface area (Å²) in [6.45, 7) is 0.810. The molecule has 2 rings (SSSR count). The Morgan fingerprint density at radius 1 is 1.29 bits per heavy atom. The smallest absolute Gasteiger partial charge is 0.146 e. The van der Waals surface area contributed by atoms with Crippen molar-refractivity contribution < 1.29 is 13.9 Å². The van der Waals surface area contributed by atoms with Crippen LogP contribution in [-0.4, -0.2) is 7.11 Å². The van der Waals surface area contributed by atoms with Crippen molar-refractivity contribution in [3.63, 3.8) is 0 Å². The van der Waals surface area contributed by atoms with Crippen molar-refractivity contribution >= 4 is 0 Å². The molecule has 4 heteroatoms. The Balaban J connectivity index is 2.12. The van der Waals surface area contributed by atoms with Crippen molar-refractivity contribution in [1.82, 2.24) is 0 Å². The predicted molar refractivity (Wildman–Crippen MR) is 63.9 cm³/mol. The molecule has 0 spiro atoms. The third-order valence-corrected chi connectivity index (χ3v) is 2.44. The Morgan fingerprint density at radius 3 is 2.82 bits per heavy atom. The van der Waals surface area contributed by atoms with Crippen LogP contribution < -0.4 is 15.2 Å². The molecule has 4 nitrogen and oxygen atoms in total. The van der Waals surface area contributed by atoms with E-state index in [4.69, 9.17) is 19.6 Å². The highest BCUT2D eigenvalue weighted by Gasteiger charge is 2.05. The average Bonchev–Trinajstić information content (AvgIpc) is 2.89. The molecular weight excluding hydrogens is 218 g/mol. The number of ether oxygens (including phenoxy) is 2. The van der Waals surface area contributed by atoms with Crippen molar-refractivity contribution in [1.29, 1.82) is 0 Å². The average molecular weight is 233 g/mol. The Hall–Kier alpha value is -1.94. The topological polar surface area (TPSA) is 57.6 Å². The van der Waals surface area contributed by atoms with Crippen LogP contribution in [-0.2, 0) is 13.2 Å². The fourth-order valence-corrected chi connectivity index (χ4v) is 1.51. The molecule has 17 heavy (non-hydrogen) atoms. The lowest BCUT2D eigenvalue weighted by molar-refractivity contribution is 0.266.